The van der Waals surface area contributed by atoms with Crippen LogP contribution in [0.3, 0.4) is 0 Å². The number of aromatic hydroxyl groups is 1. The van der Waals surface area contributed by atoms with E-state index in [0.717, 1.165) is 50.8 Å². The molecule has 40 heavy (non-hydrogen) atoms. The summed E-state index contributed by atoms with van der Waals surface area (Å²) in [5.74, 6) is 0.389. The molecule has 0 radical (unpaired) electrons. The number of halogens is 1. The number of aromatic nitrogens is 2. The van der Waals surface area contributed by atoms with E-state index in [1.807, 2.05) is 17.0 Å². The van der Waals surface area contributed by atoms with Gasteiger partial charge in [0.1, 0.15) is 17.1 Å². The first-order valence-corrected chi connectivity index (χ1v) is 14.9. The summed E-state index contributed by atoms with van der Waals surface area (Å²) in [4.78, 5) is 14.0. The highest BCUT2D eigenvalue weighted by Crippen LogP contribution is 2.47. The minimum absolute atomic E-state index is 0.0704. The van der Waals surface area contributed by atoms with E-state index in [9.17, 15) is 10.2 Å². The molecule has 1 aliphatic carbocycles. The summed E-state index contributed by atoms with van der Waals surface area (Å²) in [7, 11) is 2.21. The van der Waals surface area contributed by atoms with Crippen LogP contribution < -0.4 is 9.64 Å². The second-order valence-electron chi connectivity index (χ2n) is 12.5. The first-order valence-electron chi connectivity index (χ1n) is 14.9. The maximum Gasteiger partial charge on any atom is 0.319 e. The predicted molar refractivity (Wildman–Crippen MR) is 156 cm³/mol. The number of hydrogen-bond donors (Lipinski definition) is 2. The predicted octanol–water partition coefficient (Wildman–Crippen LogP) is 5.87. The Bertz CT molecular complexity index is 1400. The molecule has 1 saturated carbocycles. The second-order valence-corrected chi connectivity index (χ2v) is 12.5. The maximum absolute atomic E-state index is 16.5. The molecule has 3 aliphatic rings. The van der Waals surface area contributed by atoms with Crippen LogP contribution in [0.4, 0.5) is 10.2 Å². The van der Waals surface area contributed by atoms with Gasteiger partial charge in [0.25, 0.3) is 0 Å². The molecular weight excluding hydrogens is 507 g/mol. The topological polar surface area (TPSA) is 82.0 Å². The lowest BCUT2D eigenvalue weighted by atomic mass is 9.76. The van der Waals surface area contributed by atoms with Crippen LogP contribution in [0.5, 0.6) is 11.8 Å². The Balaban J connectivity index is 1.44. The number of phenols is 1. The van der Waals surface area contributed by atoms with Crippen molar-refractivity contribution in [2.24, 2.45) is 5.41 Å². The van der Waals surface area contributed by atoms with Crippen LogP contribution in [-0.2, 0) is 0 Å². The number of aliphatic hydroxyl groups is 1. The molecule has 214 valence electrons. The van der Waals surface area contributed by atoms with Gasteiger partial charge in [0, 0.05) is 35.5 Å². The molecule has 7 nitrogen and oxygen atoms in total. The lowest BCUT2D eigenvalue weighted by Crippen LogP contribution is -2.50. The fraction of sp³-hybridized carbons (Fsp3) is 0.562. The van der Waals surface area contributed by atoms with E-state index in [1.54, 1.807) is 18.2 Å². The zero-order valence-electron chi connectivity index (χ0n) is 23.9. The number of β-amino-alcohol motifs (C(OH)–C–C–N with tert-alkyl or cyclic N) is 1. The van der Waals surface area contributed by atoms with Crippen LogP contribution in [-0.4, -0.2) is 70.5 Å². The standard InChI is InChI=1S/C32H41FN4O3/c1-20(2)23-10-9-21(38)17-26(23)24-11-12-25-29(28(24)33)34-31(35-30(25)37-16-5-7-22(39)18-37)40-19-32-13-4-8-27(32)36(3)15-6-14-32/h9-12,17,20,22,27,38-39H,4-8,13-16,18-19H2,1-3H3. The molecule has 3 aromatic rings. The molecule has 2 aliphatic heterocycles. The summed E-state index contributed by atoms with van der Waals surface area (Å²) in [6, 6.07) is 9.42. The first-order chi connectivity index (χ1) is 19.3. The van der Waals surface area contributed by atoms with E-state index >= 15 is 4.39 Å². The summed E-state index contributed by atoms with van der Waals surface area (Å²) in [6.07, 6.45) is 6.87. The van der Waals surface area contributed by atoms with E-state index < -0.39 is 11.9 Å². The lowest BCUT2D eigenvalue weighted by Gasteiger charge is -2.44. The van der Waals surface area contributed by atoms with Gasteiger partial charge in [-0.15, -0.1) is 0 Å². The maximum atomic E-state index is 16.5. The van der Waals surface area contributed by atoms with Gasteiger partial charge in [0.05, 0.1) is 12.7 Å². The number of likely N-dealkylation sites (tertiary alicyclic amines) is 1. The molecular formula is C32H41FN4O3. The Labute approximate surface area is 236 Å². The average molecular weight is 549 g/mol. The van der Waals surface area contributed by atoms with Crippen molar-refractivity contribution in [3.63, 3.8) is 0 Å². The fourth-order valence-corrected chi connectivity index (χ4v) is 7.45. The zero-order chi connectivity index (χ0) is 28.0. The van der Waals surface area contributed by atoms with Gasteiger partial charge in [-0.3, -0.25) is 0 Å². The van der Waals surface area contributed by atoms with E-state index in [-0.39, 0.29) is 28.6 Å². The molecule has 2 aromatic carbocycles. The number of rotatable bonds is 6. The van der Waals surface area contributed by atoms with Gasteiger partial charge in [0.2, 0.25) is 0 Å². The molecule has 8 heteroatoms. The molecule has 3 heterocycles. The van der Waals surface area contributed by atoms with Crippen molar-refractivity contribution in [1.29, 1.82) is 0 Å². The number of fused-ring (bicyclic) bond motifs is 2. The van der Waals surface area contributed by atoms with Crippen molar-refractivity contribution in [1.82, 2.24) is 14.9 Å². The van der Waals surface area contributed by atoms with Gasteiger partial charge in [-0.2, -0.15) is 9.97 Å². The average Bonchev–Trinajstić information content (AvgIpc) is 3.37. The van der Waals surface area contributed by atoms with Crippen LogP contribution in [0.25, 0.3) is 22.0 Å². The van der Waals surface area contributed by atoms with E-state index in [2.05, 4.69) is 30.8 Å². The normalized spacial score (nSPS) is 25.5. The molecule has 0 spiro atoms. The van der Waals surface area contributed by atoms with E-state index in [4.69, 9.17) is 9.72 Å². The zero-order valence-corrected chi connectivity index (χ0v) is 23.9. The molecule has 0 amide bonds. The van der Waals surface area contributed by atoms with Gasteiger partial charge >= 0.3 is 6.01 Å². The Kier molecular flexibility index (Phi) is 7.34. The van der Waals surface area contributed by atoms with Gasteiger partial charge in [-0.1, -0.05) is 32.4 Å². The minimum atomic E-state index is -0.455. The summed E-state index contributed by atoms with van der Waals surface area (Å²) in [5, 5.41) is 21.3. The summed E-state index contributed by atoms with van der Waals surface area (Å²) in [6.45, 7) is 6.91. The highest BCUT2D eigenvalue weighted by atomic mass is 19.1. The molecule has 2 saturated heterocycles. The number of hydrogen-bond acceptors (Lipinski definition) is 7. The molecule has 3 atom stereocenters. The number of aliphatic hydroxyl groups excluding tert-OH is 1. The summed E-state index contributed by atoms with van der Waals surface area (Å²) in [5.41, 5.74) is 2.28. The number of nitrogens with zero attached hydrogens (tertiary/aromatic N) is 4. The van der Waals surface area contributed by atoms with Gasteiger partial charge in [0.15, 0.2) is 5.82 Å². The van der Waals surface area contributed by atoms with Crippen LogP contribution in [0.15, 0.2) is 30.3 Å². The Morgan fingerprint density at radius 2 is 1.88 bits per heavy atom. The van der Waals surface area contributed by atoms with Crippen molar-refractivity contribution in [3.8, 4) is 22.9 Å². The summed E-state index contributed by atoms with van der Waals surface area (Å²) < 4.78 is 22.9. The Morgan fingerprint density at radius 1 is 1.05 bits per heavy atom. The minimum Gasteiger partial charge on any atom is -0.508 e. The third-order valence-corrected chi connectivity index (χ3v) is 9.48. The monoisotopic (exact) mass is 548 g/mol. The van der Waals surface area contributed by atoms with Crippen LogP contribution in [0.1, 0.15) is 70.3 Å². The van der Waals surface area contributed by atoms with E-state index in [1.165, 1.54) is 12.8 Å². The third kappa shape index (κ3) is 4.90. The van der Waals surface area contributed by atoms with Crippen LogP contribution in [0.2, 0.25) is 0 Å². The number of benzene rings is 2. The van der Waals surface area contributed by atoms with Crippen LogP contribution >= 0.6 is 0 Å². The van der Waals surface area contributed by atoms with Crippen LogP contribution in [0, 0.1) is 11.2 Å². The molecule has 3 unspecified atom stereocenters. The molecule has 6 rings (SSSR count). The molecule has 2 N–H and O–H groups in total. The van der Waals surface area contributed by atoms with Gasteiger partial charge in [-0.25, -0.2) is 4.39 Å². The largest absolute Gasteiger partial charge is 0.508 e. The summed E-state index contributed by atoms with van der Waals surface area (Å²) >= 11 is 0. The second kappa shape index (κ2) is 10.8. The van der Waals surface area contributed by atoms with Crippen molar-refractivity contribution in [2.75, 3.05) is 38.2 Å². The highest BCUT2D eigenvalue weighted by Gasteiger charge is 2.47. The van der Waals surface area contributed by atoms with Crippen molar-refractivity contribution in [3.05, 3.63) is 41.7 Å². The highest BCUT2D eigenvalue weighted by molar-refractivity contribution is 5.94. The molecule has 3 fully saturated rings. The number of ether oxygens (including phenoxy) is 1. The Morgan fingerprint density at radius 3 is 2.67 bits per heavy atom. The molecule has 1 aromatic heterocycles. The SMILES string of the molecule is CC(C)c1ccc(O)cc1-c1ccc2c(N3CCCC(O)C3)nc(OCC34CCCC3N(C)CCC4)nc2c1F. The van der Waals surface area contributed by atoms with Crippen molar-refractivity contribution >= 4 is 16.7 Å². The van der Waals surface area contributed by atoms with Crippen molar-refractivity contribution in [2.45, 2.75) is 76.9 Å². The van der Waals surface area contributed by atoms with Gasteiger partial charge < -0.3 is 24.7 Å². The first kappa shape index (κ1) is 27.2. The Hall–Kier alpha value is -2.97. The van der Waals surface area contributed by atoms with E-state index in [0.29, 0.717) is 41.5 Å². The van der Waals surface area contributed by atoms with Gasteiger partial charge in [-0.05, 0) is 87.4 Å². The fourth-order valence-electron chi connectivity index (χ4n) is 7.45. The number of phenolic OH excluding ortho intramolecular Hbond substituents is 1. The number of piperidine rings is 2. The molecule has 0 bridgehead atoms. The lowest BCUT2D eigenvalue weighted by molar-refractivity contribution is 0.0133. The third-order valence-electron chi connectivity index (χ3n) is 9.48. The number of anilines is 1. The quantitative estimate of drug-likeness (QED) is 0.399. The van der Waals surface area contributed by atoms with Crippen molar-refractivity contribution < 1.29 is 19.3 Å². The smallest absolute Gasteiger partial charge is 0.319 e.